The minimum absolute atomic E-state index is 0.597. The Bertz CT molecular complexity index is 259. The van der Waals surface area contributed by atoms with Crippen molar-refractivity contribution in [2.24, 2.45) is 5.10 Å². The summed E-state index contributed by atoms with van der Waals surface area (Å²) in [6, 6.07) is 0. The molecule has 1 aliphatic rings. The van der Waals surface area contributed by atoms with Gasteiger partial charge < -0.3 is 0 Å². The number of anilines is 1. The topological polar surface area (TPSA) is 66.0 Å². The molecule has 6 heteroatoms. The summed E-state index contributed by atoms with van der Waals surface area (Å²) in [6.45, 7) is 0. The molecule has 2 rings (SSSR count). The molecule has 64 valence electrons. The molecule has 2 heterocycles. The largest absolute Gasteiger partial charge is 0.246 e. The maximum Gasteiger partial charge on any atom is 0.239 e. The Balaban J connectivity index is 1.92. The van der Waals surface area contributed by atoms with Gasteiger partial charge in [-0.15, -0.1) is 0 Å². The minimum atomic E-state index is 0.597. The molecule has 0 spiro atoms. The van der Waals surface area contributed by atoms with E-state index < -0.39 is 0 Å². The van der Waals surface area contributed by atoms with E-state index >= 15 is 0 Å². The van der Waals surface area contributed by atoms with Crippen LogP contribution in [0.4, 0.5) is 5.95 Å². The van der Waals surface area contributed by atoms with Gasteiger partial charge in [0.25, 0.3) is 0 Å². The highest BCUT2D eigenvalue weighted by Crippen LogP contribution is 2.14. The first-order valence-corrected chi connectivity index (χ1v) is 4.85. The number of thioether (sulfide) groups is 1. The van der Waals surface area contributed by atoms with Crippen LogP contribution in [0.5, 0.6) is 0 Å². The summed E-state index contributed by atoms with van der Waals surface area (Å²) in [5, 5.41) is 10.5. The van der Waals surface area contributed by atoms with Crippen LogP contribution in [0.3, 0.4) is 0 Å². The number of nitrogens with one attached hydrogen (secondary N) is 2. The number of rotatable bonds is 2. The summed E-state index contributed by atoms with van der Waals surface area (Å²) in [5.41, 5.74) is 4.00. The lowest BCUT2D eigenvalue weighted by Gasteiger charge is -1.94. The molecule has 0 aliphatic carbocycles. The molecule has 2 N–H and O–H groups in total. The van der Waals surface area contributed by atoms with Crippen molar-refractivity contribution in [2.75, 3.05) is 16.9 Å². The van der Waals surface area contributed by atoms with Gasteiger partial charge in [0.1, 0.15) is 6.33 Å². The van der Waals surface area contributed by atoms with E-state index in [0.29, 0.717) is 5.95 Å². The summed E-state index contributed by atoms with van der Waals surface area (Å²) in [4.78, 5) is 3.89. The van der Waals surface area contributed by atoms with Crippen LogP contribution in [-0.2, 0) is 0 Å². The molecule has 0 radical (unpaired) electrons. The molecular weight excluding hydrogens is 174 g/mol. The van der Waals surface area contributed by atoms with Crippen LogP contribution in [0.15, 0.2) is 11.4 Å². The van der Waals surface area contributed by atoms with E-state index in [4.69, 9.17) is 0 Å². The van der Waals surface area contributed by atoms with Crippen molar-refractivity contribution in [3.63, 3.8) is 0 Å². The number of H-pyrrole nitrogens is 1. The van der Waals surface area contributed by atoms with Crippen molar-refractivity contribution in [3.8, 4) is 0 Å². The Labute approximate surface area is 74.0 Å². The molecule has 1 aromatic heterocycles. The van der Waals surface area contributed by atoms with Crippen molar-refractivity contribution >= 4 is 23.4 Å². The van der Waals surface area contributed by atoms with Crippen LogP contribution < -0.4 is 5.43 Å². The highest BCUT2D eigenvalue weighted by molar-refractivity contribution is 8.00. The minimum Gasteiger partial charge on any atom is -0.246 e. The smallest absolute Gasteiger partial charge is 0.239 e. The third-order valence-corrected chi connectivity index (χ3v) is 2.57. The van der Waals surface area contributed by atoms with Crippen LogP contribution in [0.25, 0.3) is 0 Å². The van der Waals surface area contributed by atoms with Crippen LogP contribution in [-0.4, -0.2) is 32.4 Å². The molecule has 12 heavy (non-hydrogen) atoms. The van der Waals surface area contributed by atoms with E-state index in [9.17, 15) is 0 Å². The van der Waals surface area contributed by atoms with E-state index in [2.05, 4.69) is 25.7 Å². The van der Waals surface area contributed by atoms with Crippen molar-refractivity contribution in [3.05, 3.63) is 6.33 Å². The second-order valence-corrected chi connectivity index (χ2v) is 3.53. The van der Waals surface area contributed by atoms with Gasteiger partial charge in [-0.3, -0.25) is 0 Å². The Morgan fingerprint density at radius 3 is 3.33 bits per heavy atom. The van der Waals surface area contributed by atoms with E-state index in [0.717, 1.165) is 12.2 Å². The summed E-state index contributed by atoms with van der Waals surface area (Å²) in [6.07, 6.45) is 2.53. The van der Waals surface area contributed by atoms with Gasteiger partial charge in [0.2, 0.25) is 5.95 Å². The zero-order valence-electron chi connectivity index (χ0n) is 6.45. The normalized spacial score (nSPS) is 20.2. The fraction of sp³-hybridized carbons (Fsp3) is 0.500. The van der Waals surface area contributed by atoms with Gasteiger partial charge in [0.15, 0.2) is 0 Å². The number of hydrogen-bond donors (Lipinski definition) is 2. The SMILES string of the molecule is c1n[nH]c(N/N=C2\CCSC2)n1. The van der Waals surface area contributed by atoms with Gasteiger partial charge in [-0.1, -0.05) is 0 Å². The van der Waals surface area contributed by atoms with Crippen molar-refractivity contribution in [1.29, 1.82) is 0 Å². The van der Waals surface area contributed by atoms with Gasteiger partial charge in [0.05, 0.1) is 0 Å². The Kier molecular flexibility index (Phi) is 2.26. The second-order valence-electron chi connectivity index (χ2n) is 2.43. The molecule has 0 aromatic carbocycles. The first kappa shape index (κ1) is 7.60. The molecular formula is C6H9N5S. The standard InChI is InChI=1S/C6H9N5S/c1-2-12-3-5(1)9-11-6-7-4-8-10-6/h4H,1-3H2,(H2,7,8,10,11)/b9-5+. The second kappa shape index (κ2) is 3.57. The fourth-order valence-electron chi connectivity index (χ4n) is 0.932. The third-order valence-electron chi connectivity index (χ3n) is 1.54. The Hall–Kier alpha value is -1.04. The molecule has 0 unspecified atom stereocenters. The predicted octanol–water partition coefficient (Wildman–Crippen LogP) is 0.709. The van der Waals surface area contributed by atoms with Gasteiger partial charge >= 0.3 is 0 Å². The predicted molar refractivity (Wildman–Crippen MR) is 49.4 cm³/mol. The van der Waals surface area contributed by atoms with Crippen molar-refractivity contribution in [1.82, 2.24) is 15.2 Å². The molecule has 0 saturated carbocycles. The monoisotopic (exact) mass is 183 g/mol. The molecule has 1 aromatic rings. The molecule has 1 saturated heterocycles. The van der Waals surface area contributed by atoms with E-state index in [1.165, 1.54) is 17.8 Å². The highest BCUT2D eigenvalue weighted by Gasteiger charge is 2.07. The van der Waals surface area contributed by atoms with Gasteiger partial charge in [-0.05, 0) is 12.2 Å². The van der Waals surface area contributed by atoms with Gasteiger partial charge in [-0.2, -0.15) is 26.9 Å². The number of hydrogen-bond acceptors (Lipinski definition) is 5. The van der Waals surface area contributed by atoms with Crippen LogP contribution in [0, 0.1) is 0 Å². The Morgan fingerprint density at radius 2 is 2.67 bits per heavy atom. The Morgan fingerprint density at radius 1 is 1.67 bits per heavy atom. The van der Waals surface area contributed by atoms with Crippen LogP contribution in [0.1, 0.15) is 6.42 Å². The lowest BCUT2D eigenvalue weighted by molar-refractivity contribution is 1.07. The fourth-order valence-corrected chi connectivity index (χ4v) is 1.90. The summed E-state index contributed by atoms with van der Waals surface area (Å²) in [7, 11) is 0. The molecule has 5 nitrogen and oxygen atoms in total. The van der Waals surface area contributed by atoms with Crippen molar-refractivity contribution in [2.45, 2.75) is 6.42 Å². The maximum absolute atomic E-state index is 4.18. The van der Waals surface area contributed by atoms with Crippen LogP contribution >= 0.6 is 11.8 Å². The third kappa shape index (κ3) is 1.76. The lowest BCUT2D eigenvalue weighted by atomic mass is 10.3. The van der Waals surface area contributed by atoms with E-state index in [-0.39, 0.29) is 0 Å². The molecule has 1 aliphatic heterocycles. The van der Waals surface area contributed by atoms with Crippen LogP contribution in [0.2, 0.25) is 0 Å². The quantitative estimate of drug-likeness (QED) is 0.663. The highest BCUT2D eigenvalue weighted by atomic mass is 32.2. The van der Waals surface area contributed by atoms with Gasteiger partial charge in [-0.25, -0.2) is 10.5 Å². The maximum atomic E-state index is 4.18. The average molecular weight is 183 g/mol. The number of aromatic nitrogens is 3. The van der Waals surface area contributed by atoms with E-state index in [1.807, 2.05) is 11.8 Å². The van der Waals surface area contributed by atoms with E-state index in [1.54, 1.807) is 0 Å². The summed E-state index contributed by atoms with van der Waals surface area (Å²) in [5.74, 6) is 2.80. The average Bonchev–Trinajstić information content (AvgIpc) is 2.74. The number of hydrazone groups is 1. The molecule has 1 fully saturated rings. The van der Waals surface area contributed by atoms with Crippen molar-refractivity contribution < 1.29 is 0 Å². The summed E-state index contributed by atoms with van der Waals surface area (Å²) < 4.78 is 0. The van der Waals surface area contributed by atoms with Gasteiger partial charge in [0, 0.05) is 11.5 Å². The summed E-state index contributed by atoms with van der Waals surface area (Å²) >= 11 is 1.90. The first-order chi connectivity index (χ1) is 5.95. The number of nitrogens with zero attached hydrogens (tertiary/aromatic N) is 3. The zero-order chi connectivity index (χ0) is 8.23. The molecule has 0 atom stereocenters. The number of aromatic amines is 1. The molecule has 0 bridgehead atoms. The zero-order valence-corrected chi connectivity index (χ0v) is 7.27. The first-order valence-electron chi connectivity index (χ1n) is 3.70. The molecule has 0 amide bonds. The lowest BCUT2D eigenvalue weighted by Crippen LogP contribution is -2.00.